The number of methoxy groups -OCH3 is 2. The lowest BCUT2D eigenvalue weighted by molar-refractivity contribution is 0.0461. The molecule has 1 fully saturated rings. The van der Waals surface area contributed by atoms with Crippen LogP contribution in [0.1, 0.15) is 43.9 Å². The Bertz CT molecular complexity index is 1690. The molecule has 4 atom stereocenters. The molecular formula is C36H33N5O5. The average molecular weight is 616 g/mol. The molecule has 1 spiro atoms. The van der Waals surface area contributed by atoms with Gasteiger partial charge < -0.3 is 26.3 Å². The molecule has 6 rings (SSSR count). The number of carbonyl (C=O) groups excluding carboxylic acids is 3. The number of rotatable bonds is 8. The number of ether oxygens (including phenoxy) is 2. The van der Waals surface area contributed by atoms with E-state index in [9.17, 15) is 14.4 Å². The Kier molecular flexibility index (Phi) is 8.21. The van der Waals surface area contributed by atoms with E-state index in [0.29, 0.717) is 33.8 Å². The van der Waals surface area contributed by atoms with E-state index in [4.69, 9.17) is 20.9 Å². The van der Waals surface area contributed by atoms with Crippen LogP contribution >= 0.6 is 0 Å². The van der Waals surface area contributed by atoms with Gasteiger partial charge in [-0.05, 0) is 35.4 Å². The van der Waals surface area contributed by atoms with Crippen LogP contribution in [-0.4, -0.2) is 43.5 Å². The number of nitrogens with one attached hydrogen (secondary N) is 1. The fourth-order valence-electron chi connectivity index (χ4n) is 6.77. The molecule has 10 nitrogen and oxygen atoms in total. The van der Waals surface area contributed by atoms with Crippen molar-refractivity contribution in [2.24, 2.45) is 38.7 Å². The van der Waals surface area contributed by atoms with Gasteiger partial charge in [0.25, 0.3) is 0 Å². The van der Waals surface area contributed by atoms with Gasteiger partial charge in [-0.25, -0.2) is 4.79 Å². The van der Waals surface area contributed by atoms with Crippen LogP contribution in [0.2, 0.25) is 0 Å². The molecule has 0 radical (unpaired) electrons. The number of carbonyl (C=O) groups is 3. The highest BCUT2D eigenvalue weighted by Gasteiger charge is 2.66. The minimum atomic E-state index is -1.81. The number of nitrogens with zero attached hydrogens (tertiary/aromatic N) is 2. The summed E-state index contributed by atoms with van der Waals surface area (Å²) < 4.78 is 10.8. The van der Waals surface area contributed by atoms with Gasteiger partial charge in [0.2, 0.25) is 0 Å². The summed E-state index contributed by atoms with van der Waals surface area (Å²) in [6, 6.07) is 29.5. The lowest BCUT2D eigenvalue weighted by Gasteiger charge is -2.54. The maximum atomic E-state index is 14.9. The fraction of sp³-hybridized carbons (Fsp3) is 0.194. The number of urea groups is 1. The molecule has 2 amide bonds. The Labute approximate surface area is 266 Å². The lowest BCUT2D eigenvalue weighted by Crippen LogP contribution is -2.69. The fourth-order valence-corrected chi connectivity index (χ4v) is 6.77. The molecule has 4 aromatic carbocycles. The molecule has 4 aromatic rings. The van der Waals surface area contributed by atoms with E-state index >= 15 is 0 Å². The molecule has 10 heteroatoms. The minimum absolute atomic E-state index is 0.243. The smallest absolute Gasteiger partial charge is 0.370 e. The van der Waals surface area contributed by atoms with Crippen molar-refractivity contribution in [2.75, 3.05) is 14.2 Å². The van der Waals surface area contributed by atoms with Gasteiger partial charge in [0, 0.05) is 23.2 Å². The number of nitrogens with two attached hydrogens (primary N) is 2. The van der Waals surface area contributed by atoms with Crippen molar-refractivity contribution < 1.29 is 23.9 Å². The van der Waals surface area contributed by atoms with Gasteiger partial charge in [0.05, 0.1) is 26.1 Å². The number of amides is 2. The van der Waals surface area contributed by atoms with E-state index in [0.717, 1.165) is 0 Å². The highest BCUT2D eigenvalue weighted by molar-refractivity contribution is 6.24. The number of benzene rings is 4. The van der Waals surface area contributed by atoms with Crippen molar-refractivity contribution in [3.05, 3.63) is 131 Å². The first-order chi connectivity index (χ1) is 22.3. The van der Waals surface area contributed by atoms with Crippen molar-refractivity contribution in [1.29, 1.82) is 0 Å². The highest BCUT2D eigenvalue weighted by atomic mass is 16.5. The third-order valence-corrected chi connectivity index (χ3v) is 8.92. The summed E-state index contributed by atoms with van der Waals surface area (Å²) in [5.41, 5.74) is 14.0. The summed E-state index contributed by atoms with van der Waals surface area (Å²) in [6.45, 7) is 0. The van der Waals surface area contributed by atoms with Gasteiger partial charge in [0.1, 0.15) is 28.6 Å². The second-order valence-electron chi connectivity index (χ2n) is 11.2. The molecule has 2 aliphatic heterocycles. The zero-order valence-electron chi connectivity index (χ0n) is 25.3. The first-order valence-corrected chi connectivity index (χ1v) is 14.7. The molecule has 0 saturated carbocycles. The van der Waals surface area contributed by atoms with Crippen molar-refractivity contribution >= 4 is 29.3 Å². The number of amidine groups is 2. The molecule has 2 aliphatic rings. The predicted molar refractivity (Wildman–Crippen MR) is 174 cm³/mol. The Balaban J connectivity index is 1.68. The number of hydrogen-bond acceptors (Lipinski definition) is 8. The minimum Gasteiger partial charge on any atom is -0.497 e. The summed E-state index contributed by atoms with van der Waals surface area (Å²) in [4.78, 5) is 50.6. The Hall–Kier alpha value is -5.61. The Morgan fingerprint density at radius 3 is 1.35 bits per heavy atom. The maximum Gasteiger partial charge on any atom is 0.370 e. The summed E-state index contributed by atoms with van der Waals surface area (Å²) in [5.74, 6) is -2.26. The average Bonchev–Trinajstić information content (AvgIpc) is 3.10. The maximum absolute atomic E-state index is 14.9. The molecule has 2 heterocycles. The molecular weight excluding hydrogens is 582 g/mol. The van der Waals surface area contributed by atoms with Gasteiger partial charge >= 0.3 is 6.03 Å². The van der Waals surface area contributed by atoms with Crippen molar-refractivity contribution in [3.63, 3.8) is 0 Å². The second kappa shape index (κ2) is 12.4. The van der Waals surface area contributed by atoms with Gasteiger partial charge in [-0.1, -0.05) is 84.9 Å². The predicted octanol–water partition coefficient (Wildman–Crippen LogP) is 4.92. The molecule has 0 bridgehead atoms. The van der Waals surface area contributed by atoms with Crippen LogP contribution < -0.4 is 26.3 Å². The number of aliphatic imine (C=N–C) groups is 2. The molecule has 4 unspecified atom stereocenters. The van der Waals surface area contributed by atoms with Crippen LogP contribution in [0.15, 0.2) is 119 Å². The SMILES string of the molecule is COc1ccc(C2NC(c3ccc(OC)cc3)C(C(=O)c3ccccc3)C3(C(N)=NC(=O)N=C3N)C2C(=O)c2ccccc2)cc1. The second-order valence-corrected chi connectivity index (χ2v) is 11.2. The van der Waals surface area contributed by atoms with Crippen LogP contribution in [0.25, 0.3) is 0 Å². The van der Waals surface area contributed by atoms with E-state index in [-0.39, 0.29) is 23.2 Å². The van der Waals surface area contributed by atoms with Gasteiger partial charge in [-0.2, -0.15) is 9.98 Å². The van der Waals surface area contributed by atoms with E-state index in [2.05, 4.69) is 15.3 Å². The number of piperidine rings is 1. The molecule has 1 saturated heterocycles. The Morgan fingerprint density at radius 2 is 1.00 bits per heavy atom. The van der Waals surface area contributed by atoms with Crippen LogP contribution in [0.5, 0.6) is 11.5 Å². The highest BCUT2D eigenvalue weighted by Crippen LogP contribution is 2.56. The third kappa shape index (κ3) is 5.12. The topological polar surface area (TPSA) is 158 Å². The van der Waals surface area contributed by atoms with Gasteiger partial charge in [0.15, 0.2) is 11.6 Å². The number of ketones is 2. The van der Waals surface area contributed by atoms with Crippen LogP contribution in [0.3, 0.4) is 0 Å². The van der Waals surface area contributed by atoms with Crippen molar-refractivity contribution in [3.8, 4) is 11.5 Å². The Morgan fingerprint density at radius 1 is 0.630 bits per heavy atom. The van der Waals surface area contributed by atoms with Crippen LogP contribution in [-0.2, 0) is 0 Å². The summed E-state index contributed by atoms with van der Waals surface area (Å²) >= 11 is 0. The standard InChI is InChI=1S/C36H33N5O5/c1-45-25-17-13-21(14-18-25)29-27(31(42)23-9-5-3-6-10-23)36(33(37)40-35(44)41-34(36)38)28(32(43)24-11-7-4-8-12-24)30(39-29)22-15-19-26(46-2)20-16-22/h3-20,27-30,39H,1-2H3,(H4,37,38,40,41,44). The normalized spacial score (nSPS) is 22.0. The van der Waals surface area contributed by atoms with Crippen molar-refractivity contribution in [1.82, 2.24) is 5.32 Å². The molecule has 232 valence electrons. The van der Waals surface area contributed by atoms with Crippen molar-refractivity contribution in [2.45, 2.75) is 12.1 Å². The monoisotopic (exact) mass is 615 g/mol. The zero-order chi connectivity index (χ0) is 32.4. The molecule has 0 aliphatic carbocycles. The van der Waals surface area contributed by atoms with E-state index < -0.39 is 35.4 Å². The van der Waals surface area contributed by atoms with Gasteiger partial charge in [-0.3, -0.25) is 9.59 Å². The van der Waals surface area contributed by atoms with E-state index in [1.54, 1.807) is 99.1 Å². The van der Waals surface area contributed by atoms with Gasteiger partial charge in [-0.15, -0.1) is 0 Å². The number of hydrogen-bond donors (Lipinski definition) is 3. The van der Waals surface area contributed by atoms with Crippen LogP contribution in [0, 0.1) is 17.3 Å². The van der Waals surface area contributed by atoms with E-state index in [1.807, 2.05) is 24.3 Å². The zero-order valence-corrected chi connectivity index (χ0v) is 25.3. The first-order valence-electron chi connectivity index (χ1n) is 14.7. The number of Topliss-reactive ketones (excluding diaryl/α,β-unsaturated/α-hetero) is 2. The summed E-state index contributed by atoms with van der Waals surface area (Å²) in [5, 5.41) is 3.66. The third-order valence-electron chi connectivity index (χ3n) is 8.92. The summed E-state index contributed by atoms with van der Waals surface area (Å²) in [7, 11) is 3.13. The van der Waals surface area contributed by atoms with E-state index in [1.165, 1.54) is 0 Å². The largest absolute Gasteiger partial charge is 0.497 e. The van der Waals surface area contributed by atoms with Crippen LogP contribution in [0.4, 0.5) is 4.79 Å². The molecule has 5 N–H and O–H groups in total. The summed E-state index contributed by atoms with van der Waals surface area (Å²) in [6.07, 6.45) is 0. The molecule has 46 heavy (non-hydrogen) atoms. The lowest BCUT2D eigenvalue weighted by atomic mass is 9.52. The first kappa shape index (κ1) is 30.4. The quantitative estimate of drug-likeness (QED) is 0.236. The molecule has 0 aromatic heterocycles.